The highest BCUT2D eigenvalue weighted by Gasteiger charge is 2.10. The molecule has 1 aromatic heterocycles. The zero-order valence-electron chi connectivity index (χ0n) is 8.60. The van der Waals surface area contributed by atoms with Crippen LogP contribution in [0.4, 0.5) is 0 Å². The highest BCUT2D eigenvalue weighted by atomic mass is 35.5. The lowest BCUT2D eigenvalue weighted by Gasteiger charge is -1.99. The summed E-state index contributed by atoms with van der Waals surface area (Å²) < 4.78 is 0. The Balaban J connectivity index is 2.66. The number of imidazole rings is 1. The monoisotopic (exact) mass is 222 g/mol. The van der Waals surface area contributed by atoms with Crippen molar-refractivity contribution in [3.05, 3.63) is 28.5 Å². The van der Waals surface area contributed by atoms with Gasteiger partial charge in [0.1, 0.15) is 11.3 Å². The topological polar surface area (TPSA) is 45.8 Å². The first-order chi connectivity index (χ1) is 7.11. The minimum absolute atomic E-state index is 0.0889. The fourth-order valence-electron chi connectivity index (χ4n) is 1.56. The molecule has 2 rings (SSSR count). The smallest absolute Gasteiger partial charge is 0.162 e. The summed E-state index contributed by atoms with van der Waals surface area (Å²) in [6.45, 7) is 3.69. The number of carbonyl (C=O) groups is 1. The minimum atomic E-state index is 0.0889. The molecule has 2 aromatic rings. The van der Waals surface area contributed by atoms with E-state index in [9.17, 15) is 4.79 Å². The van der Waals surface area contributed by atoms with Crippen molar-refractivity contribution in [2.45, 2.75) is 20.3 Å². The number of hydrogen-bond donors (Lipinski definition) is 1. The molecule has 0 unspecified atom stereocenters. The Kier molecular flexibility index (Phi) is 2.49. The van der Waals surface area contributed by atoms with Crippen molar-refractivity contribution in [2.24, 2.45) is 0 Å². The number of rotatable bonds is 2. The predicted octanol–water partition coefficient (Wildman–Crippen LogP) is 3.12. The molecule has 3 nitrogen and oxygen atoms in total. The van der Waals surface area contributed by atoms with Crippen LogP contribution in [0.3, 0.4) is 0 Å². The van der Waals surface area contributed by atoms with Gasteiger partial charge in [-0.05, 0) is 19.1 Å². The van der Waals surface area contributed by atoms with Gasteiger partial charge in [0.15, 0.2) is 5.78 Å². The van der Waals surface area contributed by atoms with Crippen LogP contribution in [-0.4, -0.2) is 15.8 Å². The predicted molar refractivity (Wildman–Crippen MR) is 60.5 cm³/mol. The van der Waals surface area contributed by atoms with E-state index in [0.29, 0.717) is 17.0 Å². The SMILES string of the molecule is CCC(=O)c1cc(Cl)c2nc(C)[nH]c2c1. The number of carbonyl (C=O) groups excluding carboxylic acids is 1. The first kappa shape index (κ1) is 10.2. The summed E-state index contributed by atoms with van der Waals surface area (Å²) >= 11 is 6.04. The number of aromatic amines is 1. The summed E-state index contributed by atoms with van der Waals surface area (Å²) in [6.07, 6.45) is 0.481. The molecule has 0 saturated carbocycles. The highest BCUT2D eigenvalue weighted by Crippen LogP contribution is 2.24. The summed E-state index contributed by atoms with van der Waals surface area (Å²) in [5.41, 5.74) is 2.18. The Morgan fingerprint density at radius 1 is 1.53 bits per heavy atom. The molecule has 1 N–H and O–H groups in total. The van der Waals surface area contributed by atoms with Gasteiger partial charge >= 0.3 is 0 Å². The number of aromatic nitrogens is 2. The van der Waals surface area contributed by atoms with Crippen LogP contribution in [0.15, 0.2) is 12.1 Å². The summed E-state index contributed by atoms with van der Waals surface area (Å²) in [7, 11) is 0. The number of halogens is 1. The fraction of sp³-hybridized carbons (Fsp3) is 0.273. The number of Topliss-reactive ketones (excluding diaryl/α,β-unsaturated/α-hetero) is 1. The van der Waals surface area contributed by atoms with Gasteiger partial charge < -0.3 is 4.98 Å². The first-order valence-corrected chi connectivity index (χ1v) is 5.18. The molecule has 0 aliphatic heterocycles. The Hall–Kier alpha value is -1.35. The van der Waals surface area contributed by atoms with Crippen LogP contribution in [0.2, 0.25) is 5.02 Å². The normalized spacial score (nSPS) is 10.9. The molecule has 0 atom stereocenters. The molecule has 0 radical (unpaired) electrons. The molecule has 0 bridgehead atoms. The zero-order chi connectivity index (χ0) is 11.0. The van der Waals surface area contributed by atoms with Crippen LogP contribution in [0, 0.1) is 6.92 Å². The van der Waals surface area contributed by atoms with Crippen molar-refractivity contribution in [1.29, 1.82) is 0 Å². The largest absolute Gasteiger partial charge is 0.342 e. The van der Waals surface area contributed by atoms with Gasteiger partial charge in [-0.2, -0.15) is 0 Å². The van der Waals surface area contributed by atoms with E-state index in [1.54, 1.807) is 12.1 Å². The molecule has 0 saturated heterocycles. The van der Waals surface area contributed by atoms with Crippen molar-refractivity contribution in [3.8, 4) is 0 Å². The lowest BCUT2D eigenvalue weighted by Crippen LogP contribution is -1.96. The molecule has 0 spiro atoms. The Labute approximate surface area is 92.5 Å². The summed E-state index contributed by atoms with van der Waals surface area (Å²) in [4.78, 5) is 18.8. The number of aryl methyl sites for hydroxylation is 1. The van der Waals surface area contributed by atoms with E-state index in [-0.39, 0.29) is 5.78 Å². The number of nitrogens with zero attached hydrogens (tertiary/aromatic N) is 1. The summed E-state index contributed by atoms with van der Waals surface area (Å²) in [6, 6.07) is 3.48. The molecule has 15 heavy (non-hydrogen) atoms. The van der Waals surface area contributed by atoms with E-state index in [1.807, 2.05) is 13.8 Å². The molecule has 0 aliphatic rings. The maximum absolute atomic E-state index is 11.5. The van der Waals surface area contributed by atoms with Gasteiger partial charge in [-0.15, -0.1) is 0 Å². The van der Waals surface area contributed by atoms with E-state index in [4.69, 9.17) is 11.6 Å². The van der Waals surface area contributed by atoms with Crippen molar-refractivity contribution in [2.75, 3.05) is 0 Å². The molecule has 4 heteroatoms. The van der Waals surface area contributed by atoms with E-state index in [1.165, 1.54) is 0 Å². The zero-order valence-corrected chi connectivity index (χ0v) is 9.35. The fourth-order valence-corrected chi connectivity index (χ4v) is 1.83. The average molecular weight is 223 g/mol. The van der Waals surface area contributed by atoms with Crippen molar-refractivity contribution >= 4 is 28.4 Å². The third-order valence-corrected chi connectivity index (χ3v) is 2.59. The Morgan fingerprint density at radius 2 is 2.27 bits per heavy atom. The van der Waals surface area contributed by atoms with Crippen LogP contribution < -0.4 is 0 Å². The van der Waals surface area contributed by atoms with Gasteiger partial charge in [0, 0.05) is 12.0 Å². The molecule has 0 fully saturated rings. The minimum Gasteiger partial charge on any atom is -0.342 e. The van der Waals surface area contributed by atoms with Crippen LogP contribution in [-0.2, 0) is 0 Å². The third-order valence-electron chi connectivity index (χ3n) is 2.30. The second kappa shape index (κ2) is 3.66. The van der Waals surface area contributed by atoms with Crippen LogP contribution in [0.5, 0.6) is 0 Å². The van der Waals surface area contributed by atoms with Crippen molar-refractivity contribution in [3.63, 3.8) is 0 Å². The van der Waals surface area contributed by atoms with Gasteiger partial charge in [0.2, 0.25) is 0 Å². The second-order valence-corrected chi connectivity index (χ2v) is 3.86. The molecule has 1 heterocycles. The quantitative estimate of drug-likeness (QED) is 0.794. The molecule has 78 valence electrons. The molecular weight excluding hydrogens is 212 g/mol. The van der Waals surface area contributed by atoms with E-state index >= 15 is 0 Å². The Morgan fingerprint density at radius 3 is 2.93 bits per heavy atom. The summed E-state index contributed by atoms with van der Waals surface area (Å²) in [5, 5.41) is 0.522. The van der Waals surface area contributed by atoms with Gasteiger partial charge in [-0.1, -0.05) is 18.5 Å². The van der Waals surface area contributed by atoms with Gasteiger partial charge in [0.25, 0.3) is 0 Å². The number of H-pyrrole nitrogens is 1. The van der Waals surface area contributed by atoms with Crippen LogP contribution in [0.25, 0.3) is 11.0 Å². The van der Waals surface area contributed by atoms with Crippen LogP contribution >= 0.6 is 11.6 Å². The van der Waals surface area contributed by atoms with Crippen molar-refractivity contribution < 1.29 is 4.79 Å². The average Bonchev–Trinajstić information content (AvgIpc) is 2.58. The maximum atomic E-state index is 11.5. The number of nitrogens with one attached hydrogen (secondary N) is 1. The Bertz CT molecular complexity index is 531. The maximum Gasteiger partial charge on any atom is 0.162 e. The first-order valence-electron chi connectivity index (χ1n) is 4.81. The van der Waals surface area contributed by atoms with E-state index in [2.05, 4.69) is 9.97 Å². The number of ketones is 1. The molecule has 0 amide bonds. The highest BCUT2D eigenvalue weighted by molar-refractivity contribution is 6.35. The molecular formula is C11H11ClN2O. The molecule has 1 aromatic carbocycles. The van der Waals surface area contributed by atoms with Gasteiger partial charge in [-0.25, -0.2) is 4.98 Å². The lowest BCUT2D eigenvalue weighted by atomic mass is 10.1. The number of hydrogen-bond acceptors (Lipinski definition) is 2. The third kappa shape index (κ3) is 1.75. The van der Waals surface area contributed by atoms with Gasteiger partial charge in [-0.3, -0.25) is 4.79 Å². The van der Waals surface area contributed by atoms with E-state index < -0.39 is 0 Å². The number of fused-ring (bicyclic) bond motifs is 1. The second-order valence-electron chi connectivity index (χ2n) is 3.45. The van der Waals surface area contributed by atoms with E-state index in [0.717, 1.165) is 16.9 Å². The van der Waals surface area contributed by atoms with Gasteiger partial charge in [0.05, 0.1) is 10.5 Å². The molecule has 0 aliphatic carbocycles. The summed E-state index contributed by atoms with van der Waals surface area (Å²) in [5.74, 6) is 0.888. The number of benzene rings is 1. The lowest BCUT2D eigenvalue weighted by molar-refractivity contribution is 0.0988. The standard InChI is InChI=1S/C11H11ClN2O/c1-3-10(15)7-4-8(12)11-9(5-7)13-6(2)14-11/h4-5H,3H2,1-2H3,(H,13,14). The van der Waals surface area contributed by atoms with Crippen LogP contribution in [0.1, 0.15) is 29.5 Å². The van der Waals surface area contributed by atoms with Crippen molar-refractivity contribution in [1.82, 2.24) is 9.97 Å².